The maximum atomic E-state index is 14.0. The molecule has 28 heavy (non-hydrogen) atoms. The molecule has 0 atom stereocenters. The first-order valence-corrected chi connectivity index (χ1v) is 9.99. The summed E-state index contributed by atoms with van der Waals surface area (Å²) in [6.07, 6.45) is 1.45. The van der Waals surface area contributed by atoms with E-state index >= 15 is 0 Å². The highest BCUT2D eigenvalue weighted by Crippen LogP contribution is 2.20. The summed E-state index contributed by atoms with van der Waals surface area (Å²) in [5.41, 5.74) is -0.563. The number of carbonyl (C=O) groups is 2. The molecule has 10 heteroatoms. The van der Waals surface area contributed by atoms with Crippen LogP contribution in [-0.2, 0) is 26.1 Å². The molecule has 1 aromatic heterocycles. The van der Waals surface area contributed by atoms with Crippen molar-refractivity contribution in [2.45, 2.75) is 25.3 Å². The van der Waals surface area contributed by atoms with Crippen LogP contribution in [-0.4, -0.2) is 44.3 Å². The number of nitrogens with zero attached hydrogens (tertiary/aromatic N) is 1. The summed E-state index contributed by atoms with van der Waals surface area (Å²) in [5, 5.41) is 2.47. The van der Waals surface area contributed by atoms with Crippen LogP contribution in [0.3, 0.4) is 0 Å². The van der Waals surface area contributed by atoms with Gasteiger partial charge in [0.25, 0.3) is 5.91 Å². The molecule has 152 valence electrons. The molecule has 1 heterocycles. The molecule has 0 radical (unpaired) electrons. The van der Waals surface area contributed by atoms with Gasteiger partial charge in [0.2, 0.25) is 10.0 Å². The van der Waals surface area contributed by atoms with Gasteiger partial charge in [-0.2, -0.15) is 4.31 Å². The van der Waals surface area contributed by atoms with E-state index in [-0.39, 0.29) is 24.5 Å². The summed E-state index contributed by atoms with van der Waals surface area (Å²) in [5.74, 6) is -2.18. The molecule has 0 bridgehead atoms. The van der Waals surface area contributed by atoms with Gasteiger partial charge in [-0.3, -0.25) is 4.79 Å². The van der Waals surface area contributed by atoms with Crippen LogP contribution in [0.25, 0.3) is 0 Å². The molecule has 1 aromatic carbocycles. The number of rotatable bonds is 9. The molecule has 2 rings (SSSR count). The maximum absolute atomic E-state index is 14.0. The van der Waals surface area contributed by atoms with Gasteiger partial charge in [0.05, 0.1) is 23.3 Å². The molecule has 1 N–H and O–H groups in total. The molecule has 0 fully saturated rings. The minimum absolute atomic E-state index is 0.106. The van der Waals surface area contributed by atoms with Crippen LogP contribution < -0.4 is 5.32 Å². The van der Waals surface area contributed by atoms with Gasteiger partial charge in [-0.15, -0.1) is 0 Å². The van der Waals surface area contributed by atoms with E-state index in [1.54, 1.807) is 26.0 Å². The van der Waals surface area contributed by atoms with Crippen LogP contribution in [0.4, 0.5) is 4.39 Å². The molecule has 0 saturated carbocycles. The first-order chi connectivity index (χ1) is 13.3. The van der Waals surface area contributed by atoms with Crippen molar-refractivity contribution in [3.63, 3.8) is 0 Å². The largest absolute Gasteiger partial charge is 0.467 e. The van der Waals surface area contributed by atoms with E-state index in [0.717, 1.165) is 18.2 Å². The molecule has 8 nitrogen and oxygen atoms in total. The Morgan fingerprint density at radius 2 is 1.93 bits per heavy atom. The van der Waals surface area contributed by atoms with Crippen molar-refractivity contribution < 1.29 is 31.6 Å². The summed E-state index contributed by atoms with van der Waals surface area (Å²) in [6.45, 7) is 3.25. The van der Waals surface area contributed by atoms with Gasteiger partial charge in [0, 0.05) is 13.1 Å². The molecule has 0 spiro atoms. The summed E-state index contributed by atoms with van der Waals surface area (Å²) in [6, 6.07) is 6.18. The lowest BCUT2D eigenvalue weighted by Crippen LogP contribution is -2.31. The Hall–Kier alpha value is -2.72. The number of ether oxygens (including phenoxy) is 1. The third-order valence-corrected chi connectivity index (χ3v) is 5.92. The number of esters is 1. The minimum atomic E-state index is -3.87. The number of sulfonamides is 1. The quantitative estimate of drug-likeness (QED) is 0.631. The van der Waals surface area contributed by atoms with E-state index in [2.05, 4.69) is 5.32 Å². The topological polar surface area (TPSA) is 106 Å². The highest BCUT2D eigenvalue weighted by atomic mass is 32.2. The van der Waals surface area contributed by atoms with E-state index < -0.39 is 39.9 Å². The molecule has 0 aliphatic carbocycles. The summed E-state index contributed by atoms with van der Waals surface area (Å²) >= 11 is 0. The van der Waals surface area contributed by atoms with E-state index in [4.69, 9.17) is 9.15 Å². The highest BCUT2D eigenvalue weighted by molar-refractivity contribution is 7.89. The second-order valence-corrected chi connectivity index (χ2v) is 7.60. The van der Waals surface area contributed by atoms with Gasteiger partial charge < -0.3 is 14.5 Å². The van der Waals surface area contributed by atoms with Gasteiger partial charge in [-0.05, 0) is 30.3 Å². The van der Waals surface area contributed by atoms with Crippen molar-refractivity contribution >= 4 is 21.9 Å². The summed E-state index contributed by atoms with van der Waals surface area (Å²) in [7, 11) is -3.87. The van der Waals surface area contributed by atoms with E-state index in [9.17, 15) is 22.4 Å². The van der Waals surface area contributed by atoms with Crippen LogP contribution in [0.5, 0.6) is 0 Å². The fourth-order valence-electron chi connectivity index (χ4n) is 2.39. The number of carbonyl (C=O) groups excluding carboxylic acids is 2. The highest BCUT2D eigenvalue weighted by Gasteiger charge is 2.25. The zero-order chi connectivity index (χ0) is 20.7. The minimum Gasteiger partial charge on any atom is -0.467 e. The number of benzene rings is 1. The lowest BCUT2D eigenvalue weighted by Gasteiger charge is -2.18. The van der Waals surface area contributed by atoms with Crippen molar-refractivity contribution in [2.24, 2.45) is 0 Å². The average molecular weight is 412 g/mol. The monoisotopic (exact) mass is 412 g/mol. The van der Waals surface area contributed by atoms with E-state index in [0.29, 0.717) is 5.76 Å². The van der Waals surface area contributed by atoms with E-state index in [1.165, 1.54) is 10.6 Å². The fourth-order valence-corrected chi connectivity index (χ4v) is 3.88. The Bertz CT molecular complexity index is 924. The number of hydrogen-bond acceptors (Lipinski definition) is 6. The van der Waals surface area contributed by atoms with Crippen molar-refractivity contribution in [1.29, 1.82) is 0 Å². The fraction of sp³-hybridized carbons (Fsp3) is 0.333. The Balaban J connectivity index is 2.05. The van der Waals surface area contributed by atoms with Crippen LogP contribution >= 0.6 is 0 Å². The number of amides is 1. The Morgan fingerprint density at radius 1 is 1.21 bits per heavy atom. The molecule has 1 amide bonds. The van der Waals surface area contributed by atoms with Crippen molar-refractivity contribution in [2.75, 3.05) is 19.7 Å². The number of hydrogen-bond donors (Lipinski definition) is 1. The van der Waals surface area contributed by atoms with Crippen LogP contribution in [0, 0.1) is 5.82 Å². The molecular formula is C18H21FN2O6S. The van der Waals surface area contributed by atoms with Crippen LogP contribution in [0.15, 0.2) is 45.9 Å². The van der Waals surface area contributed by atoms with Gasteiger partial charge in [0.15, 0.2) is 6.61 Å². The van der Waals surface area contributed by atoms with Gasteiger partial charge >= 0.3 is 5.97 Å². The summed E-state index contributed by atoms with van der Waals surface area (Å²) < 4.78 is 50.1. The molecule has 0 unspecified atom stereocenters. The molecule has 0 aliphatic heterocycles. The Labute approximate surface area is 162 Å². The second-order valence-electron chi connectivity index (χ2n) is 5.66. The number of halogens is 1. The van der Waals surface area contributed by atoms with Crippen LogP contribution in [0.1, 0.15) is 30.0 Å². The third-order valence-electron chi connectivity index (χ3n) is 3.88. The van der Waals surface area contributed by atoms with Gasteiger partial charge in [0.1, 0.15) is 11.6 Å². The van der Waals surface area contributed by atoms with Gasteiger partial charge in [-0.1, -0.05) is 13.8 Å². The van der Waals surface area contributed by atoms with Crippen LogP contribution in [0.2, 0.25) is 0 Å². The normalized spacial score (nSPS) is 11.4. The number of nitrogens with one attached hydrogen (secondary N) is 1. The molecule has 0 saturated heterocycles. The van der Waals surface area contributed by atoms with Crippen molar-refractivity contribution in [1.82, 2.24) is 9.62 Å². The Kier molecular flexibility index (Phi) is 7.30. The van der Waals surface area contributed by atoms with Crippen molar-refractivity contribution in [3.05, 3.63) is 53.7 Å². The average Bonchev–Trinajstić information content (AvgIpc) is 3.19. The predicted molar refractivity (Wildman–Crippen MR) is 97.3 cm³/mol. The van der Waals surface area contributed by atoms with Gasteiger partial charge in [-0.25, -0.2) is 17.6 Å². The smallest absolute Gasteiger partial charge is 0.341 e. The lowest BCUT2D eigenvalue weighted by atomic mass is 10.2. The molecular weight excluding hydrogens is 391 g/mol. The number of furan rings is 1. The predicted octanol–water partition coefficient (Wildman–Crippen LogP) is 1.92. The molecule has 0 aliphatic rings. The lowest BCUT2D eigenvalue weighted by molar-refractivity contribution is -0.124. The third kappa shape index (κ3) is 5.17. The standard InChI is InChI=1S/C18H21FN2O6S/c1-3-21(4-2)28(24,25)14-7-8-16(19)15(10-14)18(23)27-12-17(22)20-11-13-6-5-9-26-13/h5-10H,3-4,11-12H2,1-2H3,(H,20,22). The SMILES string of the molecule is CCN(CC)S(=O)(=O)c1ccc(F)c(C(=O)OCC(=O)NCc2ccco2)c1. The van der Waals surface area contributed by atoms with E-state index in [1.807, 2.05) is 0 Å². The Morgan fingerprint density at radius 3 is 2.54 bits per heavy atom. The molecule has 2 aromatic rings. The zero-order valence-electron chi connectivity index (χ0n) is 15.5. The zero-order valence-corrected chi connectivity index (χ0v) is 16.3. The van der Waals surface area contributed by atoms with Crippen molar-refractivity contribution in [3.8, 4) is 0 Å². The first-order valence-electron chi connectivity index (χ1n) is 8.55. The second kappa shape index (κ2) is 9.47. The summed E-state index contributed by atoms with van der Waals surface area (Å²) in [4.78, 5) is 23.6. The first kappa shape index (κ1) is 21.6. The maximum Gasteiger partial charge on any atom is 0.341 e.